The number of ether oxygens (including phenoxy) is 1. The van der Waals surface area contributed by atoms with Gasteiger partial charge in [0.1, 0.15) is 11.8 Å². The minimum atomic E-state index is -0.650. The van der Waals surface area contributed by atoms with Gasteiger partial charge in [-0.25, -0.2) is 4.79 Å². The number of hydrogen-bond acceptors (Lipinski definition) is 5. The van der Waals surface area contributed by atoms with Gasteiger partial charge in [-0.2, -0.15) is 0 Å². The molecule has 178 valence electrons. The van der Waals surface area contributed by atoms with Gasteiger partial charge in [0.2, 0.25) is 11.8 Å². The van der Waals surface area contributed by atoms with Crippen LogP contribution in [0, 0.1) is 0 Å². The number of carbonyl (C=O) groups excluding carboxylic acids is 4. The summed E-state index contributed by atoms with van der Waals surface area (Å²) in [6.07, 6.45) is 0.536. The Morgan fingerprint density at radius 1 is 1.18 bits per heavy atom. The zero-order valence-electron chi connectivity index (χ0n) is 19.4. The molecule has 3 N–H and O–H groups in total. The Labute approximate surface area is 197 Å². The van der Waals surface area contributed by atoms with Gasteiger partial charge in [-0.3, -0.25) is 19.7 Å². The van der Waals surface area contributed by atoms with Crippen LogP contribution < -0.4 is 20.7 Å². The second-order valence-electron chi connectivity index (χ2n) is 8.81. The molecule has 4 rings (SSSR count). The summed E-state index contributed by atoms with van der Waals surface area (Å²) < 4.78 is 5.27. The molecule has 0 radical (unpaired) electrons. The number of fused-ring (bicyclic) bond motifs is 1. The summed E-state index contributed by atoms with van der Waals surface area (Å²) in [4.78, 5) is 50.7. The Balaban J connectivity index is 1.40. The lowest BCUT2D eigenvalue weighted by Crippen LogP contribution is -2.52. The molecule has 0 saturated carbocycles. The second-order valence-corrected chi connectivity index (χ2v) is 8.81. The molecule has 0 spiro atoms. The van der Waals surface area contributed by atoms with Gasteiger partial charge in [-0.15, -0.1) is 0 Å². The van der Waals surface area contributed by atoms with Crippen LogP contribution in [0.4, 0.5) is 10.5 Å². The number of methoxy groups -OCH3 is 1. The molecule has 1 atom stereocenters. The summed E-state index contributed by atoms with van der Waals surface area (Å²) in [7, 11) is 1.57. The number of nitrogens with zero attached hydrogens (tertiary/aromatic N) is 1. The van der Waals surface area contributed by atoms with E-state index in [1.165, 1.54) is 4.90 Å². The number of benzene rings is 2. The largest absolute Gasteiger partial charge is 0.497 e. The number of imide groups is 1. The first-order valence-corrected chi connectivity index (χ1v) is 11.3. The van der Waals surface area contributed by atoms with E-state index < -0.39 is 11.9 Å². The monoisotopic (exact) mass is 464 g/mol. The molecule has 9 heteroatoms. The van der Waals surface area contributed by atoms with E-state index in [9.17, 15) is 19.2 Å². The molecule has 2 aromatic rings. The van der Waals surface area contributed by atoms with Crippen LogP contribution in [0.25, 0.3) is 0 Å². The standard InChI is InChI=1S/C25H28N4O5/c1-14(2)18-7-6-17(34-3)11-20(18)27-25(33)26-12-15-4-5-16-13-29(24(32)19(16)10-15)21-8-9-22(30)28-23(21)31/h4-7,10-11,14,21H,8-9,12-13H2,1-3H3,(H2,26,27,33)(H,28,30,31). The van der Waals surface area contributed by atoms with E-state index in [0.717, 1.165) is 16.7 Å². The normalized spacial score (nSPS) is 17.5. The van der Waals surface area contributed by atoms with Crippen LogP contribution in [-0.4, -0.2) is 41.8 Å². The first-order valence-electron chi connectivity index (χ1n) is 11.3. The Kier molecular flexibility index (Phi) is 6.54. The molecule has 2 aromatic carbocycles. The molecule has 1 fully saturated rings. The van der Waals surface area contributed by atoms with Crippen molar-refractivity contribution in [2.24, 2.45) is 0 Å². The number of carbonyl (C=O) groups is 4. The molecule has 2 heterocycles. The van der Waals surface area contributed by atoms with Crippen molar-refractivity contribution in [3.63, 3.8) is 0 Å². The molecular weight excluding hydrogens is 436 g/mol. The molecule has 1 unspecified atom stereocenters. The third kappa shape index (κ3) is 4.73. The zero-order valence-corrected chi connectivity index (χ0v) is 19.4. The quantitative estimate of drug-likeness (QED) is 0.569. The van der Waals surface area contributed by atoms with Crippen molar-refractivity contribution in [2.45, 2.75) is 51.7 Å². The lowest BCUT2D eigenvalue weighted by atomic mass is 10.0. The lowest BCUT2D eigenvalue weighted by Gasteiger charge is -2.29. The summed E-state index contributed by atoms with van der Waals surface area (Å²) >= 11 is 0. The van der Waals surface area contributed by atoms with Crippen molar-refractivity contribution in [3.05, 3.63) is 58.7 Å². The summed E-state index contributed by atoms with van der Waals surface area (Å²) in [5, 5.41) is 8.01. The highest BCUT2D eigenvalue weighted by molar-refractivity contribution is 6.05. The fraction of sp³-hybridized carbons (Fsp3) is 0.360. The van der Waals surface area contributed by atoms with Crippen LogP contribution in [0.5, 0.6) is 5.75 Å². The summed E-state index contributed by atoms with van der Waals surface area (Å²) in [6.45, 7) is 4.64. The number of piperidine rings is 1. The Morgan fingerprint density at radius 2 is 1.97 bits per heavy atom. The highest BCUT2D eigenvalue weighted by Crippen LogP contribution is 2.29. The van der Waals surface area contributed by atoms with Crippen LogP contribution in [0.15, 0.2) is 36.4 Å². The van der Waals surface area contributed by atoms with E-state index in [1.54, 1.807) is 19.2 Å². The molecule has 5 amide bonds. The smallest absolute Gasteiger partial charge is 0.319 e. The molecule has 1 saturated heterocycles. The maximum Gasteiger partial charge on any atom is 0.319 e. The van der Waals surface area contributed by atoms with Crippen LogP contribution in [0.1, 0.15) is 59.7 Å². The third-order valence-corrected chi connectivity index (χ3v) is 6.18. The van der Waals surface area contributed by atoms with Crippen LogP contribution in [0.3, 0.4) is 0 Å². The number of urea groups is 1. The molecule has 2 aliphatic heterocycles. The van der Waals surface area contributed by atoms with Gasteiger partial charge in [-0.1, -0.05) is 32.0 Å². The van der Waals surface area contributed by atoms with Crippen LogP contribution >= 0.6 is 0 Å². The molecule has 9 nitrogen and oxygen atoms in total. The molecule has 2 aliphatic rings. The number of nitrogens with one attached hydrogen (secondary N) is 3. The van der Waals surface area contributed by atoms with Gasteiger partial charge in [0, 0.05) is 36.8 Å². The van der Waals surface area contributed by atoms with E-state index in [-0.39, 0.29) is 36.7 Å². The second kappa shape index (κ2) is 9.54. The minimum absolute atomic E-state index is 0.215. The van der Waals surface area contributed by atoms with Crippen molar-refractivity contribution in [1.29, 1.82) is 0 Å². The molecular formula is C25H28N4O5. The Morgan fingerprint density at radius 3 is 2.68 bits per heavy atom. The molecule has 0 aromatic heterocycles. The average Bonchev–Trinajstić information content (AvgIpc) is 3.13. The van der Waals surface area contributed by atoms with Crippen LogP contribution in [-0.2, 0) is 22.7 Å². The lowest BCUT2D eigenvalue weighted by molar-refractivity contribution is -0.136. The SMILES string of the molecule is COc1ccc(C(C)C)c(NC(=O)NCc2ccc3c(c2)C(=O)N(C2CCC(=O)NC2=O)C3)c1. The highest BCUT2D eigenvalue weighted by Gasteiger charge is 2.39. The number of anilines is 1. The maximum atomic E-state index is 13.0. The first-order chi connectivity index (χ1) is 16.3. The Hall–Kier alpha value is -3.88. The average molecular weight is 465 g/mol. The molecule has 0 bridgehead atoms. The van der Waals surface area contributed by atoms with E-state index in [4.69, 9.17) is 4.74 Å². The van der Waals surface area contributed by atoms with Crippen molar-refractivity contribution in [2.75, 3.05) is 12.4 Å². The van der Waals surface area contributed by atoms with Crippen LogP contribution in [0.2, 0.25) is 0 Å². The topological polar surface area (TPSA) is 117 Å². The van der Waals surface area contributed by atoms with Crippen molar-refractivity contribution >= 4 is 29.4 Å². The molecule has 34 heavy (non-hydrogen) atoms. The number of hydrogen-bond donors (Lipinski definition) is 3. The third-order valence-electron chi connectivity index (χ3n) is 6.18. The highest BCUT2D eigenvalue weighted by atomic mass is 16.5. The van der Waals surface area contributed by atoms with Crippen molar-refractivity contribution in [1.82, 2.24) is 15.5 Å². The van der Waals surface area contributed by atoms with Gasteiger partial charge < -0.3 is 20.3 Å². The minimum Gasteiger partial charge on any atom is -0.497 e. The van der Waals surface area contributed by atoms with Crippen molar-refractivity contribution in [3.8, 4) is 5.75 Å². The summed E-state index contributed by atoms with van der Waals surface area (Å²) in [6, 6.07) is 9.99. The Bertz CT molecular complexity index is 1160. The van der Waals surface area contributed by atoms with Gasteiger partial charge in [0.25, 0.3) is 5.91 Å². The van der Waals surface area contributed by atoms with Gasteiger partial charge in [-0.05, 0) is 41.2 Å². The number of amides is 5. The predicted octanol–water partition coefficient (Wildman–Crippen LogP) is 2.90. The molecule has 0 aliphatic carbocycles. The van der Waals surface area contributed by atoms with Gasteiger partial charge in [0.15, 0.2) is 0 Å². The summed E-state index contributed by atoms with van der Waals surface area (Å²) in [5.74, 6) is -0.122. The summed E-state index contributed by atoms with van der Waals surface area (Å²) in [5.41, 5.74) is 3.77. The van der Waals surface area contributed by atoms with E-state index in [1.807, 2.05) is 38.1 Å². The van der Waals surface area contributed by atoms with E-state index in [2.05, 4.69) is 16.0 Å². The van der Waals surface area contributed by atoms with Gasteiger partial charge in [0.05, 0.1) is 7.11 Å². The van der Waals surface area contributed by atoms with Crippen molar-refractivity contribution < 1.29 is 23.9 Å². The fourth-order valence-corrected chi connectivity index (χ4v) is 4.33. The van der Waals surface area contributed by atoms with E-state index in [0.29, 0.717) is 30.0 Å². The fourth-order valence-electron chi connectivity index (χ4n) is 4.33. The van der Waals surface area contributed by atoms with E-state index >= 15 is 0 Å². The first kappa shape index (κ1) is 23.3. The van der Waals surface area contributed by atoms with Gasteiger partial charge >= 0.3 is 6.03 Å². The number of rotatable bonds is 6. The zero-order chi connectivity index (χ0) is 24.4. The predicted molar refractivity (Wildman–Crippen MR) is 125 cm³/mol. The maximum absolute atomic E-state index is 13.0.